The number of piperazine rings is 1. The Hall–Kier alpha value is -2.44. The number of Topliss-reactive ketones (excluding diaryl/α,β-unsaturated/α-hetero) is 1. The standard InChI is InChI=1S/C28H35ClN6O3S2/c1-3-20-5-4-7-34(20)16-24-28(23-11-19(29)17-39-23)32-26(40-24)12-22(36)21-13-31-25(14-30-21)35-10-9-33(18(2)15-35)8-6-27(37)38/h11,13-14,17-18,20H,3-10,12,15-16H2,1-2H3,(H,37,38)/t18-,20+/m0/s1. The molecule has 214 valence electrons. The molecule has 2 atom stereocenters. The molecule has 5 heterocycles. The van der Waals surface area contributed by atoms with E-state index in [4.69, 9.17) is 21.7 Å². The van der Waals surface area contributed by atoms with Crippen LogP contribution in [0.4, 0.5) is 5.82 Å². The van der Waals surface area contributed by atoms with E-state index in [-0.39, 0.29) is 24.7 Å². The van der Waals surface area contributed by atoms with E-state index in [1.807, 2.05) is 11.4 Å². The topological polar surface area (TPSA) is 103 Å². The highest BCUT2D eigenvalue weighted by atomic mass is 35.5. The molecular weight excluding hydrogens is 568 g/mol. The molecule has 12 heteroatoms. The van der Waals surface area contributed by atoms with Gasteiger partial charge >= 0.3 is 5.97 Å². The predicted molar refractivity (Wildman–Crippen MR) is 160 cm³/mol. The average Bonchev–Trinajstić information content (AvgIpc) is 3.68. The van der Waals surface area contributed by atoms with Crippen LogP contribution in [-0.2, 0) is 17.8 Å². The summed E-state index contributed by atoms with van der Waals surface area (Å²) in [7, 11) is 0. The number of anilines is 1. The second kappa shape index (κ2) is 13.0. The normalized spacial score (nSPS) is 20.3. The predicted octanol–water partition coefficient (Wildman–Crippen LogP) is 5.10. The van der Waals surface area contributed by atoms with Crippen molar-refractivity contribution in [2.75, 3.05) is 37.6 Å². The van der Waals surface area contributed by atoms with Crippen LogP contribution in [0.15, 0.2) is 23.8 Å². The smallest absolute Gasteiger partial charge is 0.304 e. The zero-order chi connectivity index (χ0) is 28.2. The molecule has 0 aromatic carbocycles. The third-order valence-corrected chi connectivity index (χ3v) is 10.1. The van der Waals surface area contributed by atoms with Gasteiger partial charge in [-0.3, -0.25) is 19.4 Å². The van der Waals surface area contributed by atoms with Crippen LogP contribution < -0.4 is 4.90 Å². The van der Waals surface area contributed by atoms with Crippen molar-refractivity contribution < 1.29 is 14.7 Å². The van der Waals surface area contributed by atoms with Gasteiger partial charge in [0.2, 0.25) is 0 Å². The van der Waals surface area contributed by atoms with Crippen LogP contribution in [0.25, 0.3) is 10.6 Å². The van der Waals surface area contributed by atoms with Crippen LogP contribution in [0.2, 0.25) is 5.02 Å². The number of aromatic nitrogens is 3. The highest BCUT2D eigenvalue weighted by molar-refractivity contribution is 7.15. The first kappa shape index (κ1) is 29.1. The number of likely N-dealkylation sites (tertiary alicyclic amines) is 1. The van der Waals surface area contributed by atoms with Gasteiger partial charge in [0.1, 0.15) is 16.5 Å². The maximum Gasteiger partial charge on any atom is 0.304 e. The van der Waals surface area contributed by atoms with E-state index in [1.54, 1.807) is 35.1 Å². The number of aliphatic carboxylic acids is 1. The number of carbonyl (C=O) groups excluding carboxylic acids is 1. The lowest BCUT2D eigenvalue weighted by molar-refractivity contribution is -0.137. The number of hydrogen-bond acceptors (Lipinski definition) is 10. The number of carboxylic acid groups (broad SMARTS) is 1. The SMILES string of the molecule is CC[C@@H]1CCCN1Cc1sc(CC(=O)c2cnc(N3CCN(CCC(=O)O)[C@@H](C)C3)cn2)nc1-c1cc(Cl)cs1. The van der Waals surface area contributed by atoms with Gasteiger partial charge in [0.25, 0.3) is 0 Å². The quantitative estimate of drug-likeness (QED) is 0.300. The highest BCUT2D eigenvalue weighted by Gasteiger charge is 2.27. The lowest BCUT2D eigenvalue weighted by Gasteiger charge is -2.40. The molecule has 2 aliphatic rings. The molecule has 3 aromatic heterocycles. The van der Waals surface area contributed by atoms with E-state index in [0.29, 0.717) is 23.3 Å². The van der Waals surface area contributed by atoms with Gasteiger partial charge in [-0.15, -0.1) is 22.7 Å². The Kier molecular flexibility index (Phi) is 9.47. The molecule has 3 aromatic rings. The third-order valence-electron chi connectivity index (χ3n) is 7.80. The second-order valence-electron chi connectivity index (χ2n) is 10.5. The van der Waals surface area contributed by atoms with Crippen molar-refractivity contribution in [1.29, 1.82) is 0 Å². The van der Waals surface area contributed by atoms with Crippen LogP contribution >= 0.6 is 34.3 Å². The average molecular weight is 603 g/mol. The summed E-state index contributed by atoms with van der Waals surface area (Å²) in [6, 6.07) is 2.75. The van der Waals surface area contributed by atoms with Gasteiger partial charge < -0.3 is 10.0 Å². The number of hydrogen-bond donors (Lipinski definition) is 1. The number of carboxylic acids is 1. The van der Waals surface area contributed by atoms with Crippen LogP contribution in [0, 0.1) is 0 Å². The van der Waals surface area contributed by atoms with Crippen LogP contribution in [0.3, 0.4) is 0 Å². The zero-order valence-corrected chi connectivity index (χ0v) is 25.3. The number of carbonyl (C=O) groups is 2. The Bertz CT molecular complexity index is 1330. The molecule has 2 saturated heterocycles. The highest BCUT2D eigenvalue weighted by Crippen LogP contribution is 2.36. The first-order valence-corrected chi connectivity index (χ1v) is 15.9. The fourth-order valence-electron chi connectivity index (χ4n) is 5.59. The summed E-state index contributed by atoms with van der Waals surface area (Å²) in [4.78, 5) is 47.1. The Balaban J connectivity index is 1.25. The summed E-state index contributed by atoms with van der Waals surface area (Å²) in [5.41, 5.74) is 1.27. The maximum atomic E-state index is 13.2. The summed E-state index contributed by atoms with van der Waals surface area (Å²) < 4.78 is 0. The van der Waals surface area contributed by atoms with Crippen molar-refractivity contribution in [3.05, 3.63) is 44.4 Å². The molecule has 2 fully saturated rings. The van der Waals surface area contributed by atoms with E-state index < -0.39 is 5.97 Å². The van der Waals surface area contributed by atoms with Crippen molar-refractivity contribution in [1.82, 2.24) is 24.8 Å². The van der Waals surface area contributed by atoms with Crippen molar-refractivity contribution in [2.45, 2.75) is 64.6 Å². The summed E-state index contributed by atoms with van der Waals surface area (Å²) in [5.74, 6) is -0.154. The Morgan fingerprint density at radius 3 is 2.70 bits per heavy atom. The molecule has 0 aliphatic carbocycles. The first-order chi connectivity index (χ1) is 19.3. The molecule has 0 spiro atoms. The molecule has 0 unspecified atom stereocenters. The lowest BCUT2D eigenvalue weighted by atomic mass is 10.1. The van der Waals surface area contributed by atoms with Crippen LogP contribution in [-0.4, -0.2) is 86.4 Å². The van der Waals surface area contributed by atoms with Crippen LogP contribution in [0.5, 0.6) is 0 Å². The molecule has 2 aliphatic heterocycles. The molecular formula is C28H35ClN6O3S2. The van der Waals surface area contributed by atoms with Gasteiger partial charge in [0, 0.05) is 55.1 Å². The lowest BCUT2D eigenvalue weighted by Crippen LogP contribution is -2.52. The molecule has 0 radical (unpaired) electrons. The molecule has 9 nitrogen and oxygen atoms in total. The molecule has 5 rings (SSSR count). The number of thiophene rings is 1. The molecule has 0 bridgehead atoms. The first-order valence-electron chi connectivity index (χ1n) is 13.8. The molecule has 1 N–H and O–H groups in total. The Labute approximate surface area is 247 Å². The summed E-state index contributed by atoms with van der Waals surface area (Å²) >= 11 is 9.43. The van der Waals surface area contributed by atoms with Crippen molar-refractivity contribution in [3.8, 4) is 10.6 Å². The van der Waals surface area contributed by atoms with Crippen molar-refractivity contribution in [2.24, 2.45) is 0 Å². The van der Waals surface area contributed by atoms with Crippen LogP contribution in [0.1, 0.15) is 59.9 Å². The van der Waals surface area contributed by atoms with Gasteiger partial charge in [0.05, 0.1) is 40.8 Å². The van der Waals surface area contributed by atoms with E-state index >= 15 is 0 Å². The minimum absolute atomic E-state index is 0.102. The van der Waals surface area contributed by atoms with Gasteiger partial charge in [-0.05, 0) is 38.8 Å². The third kappa shape index (κ3) is 6.88. The van der Waals surface area contributed by atoms with Crippen molar-refractivity contribution >= 4 is 51.8 Å². The number of rotatable bonds is 11. The number of ketones is 1. The minimum atomic E-state index is -0.779. The number of halogens is 1. The van der Waals surface area contributed by atoms with Gasteiger partial charge in [-0.25, -0.2) is 15.0 Å². The maximum absolute atomic E-state index is 13.2. The molecule has 0 amide bonds. The Morgan fingerprint density at radius 2 is 2.02 bits per heavy atom. The van der Waals surface area contributed by atoms with Gasteiger partial charge in [-0.1, -0.05) is 18.5 Å². The summed E-state index contributed by atoms with van der Waals surface area (Å²) in [6.07, 6.45) is 7.13. The summed E-state index contributed by atoms with van der Waals surface area (Å²) in [6.45, 7) is 9.03. The van der Waals surface area contributed by atoms with Crippen molar-refractivity contribution in [3.63, 3.8) is 0 Å². The fraction of sp³-hybridized carbons (Fsp3) is 0.536. The number of thiazole rings is 1. The van der Waals surface area contributed by atoms with E-state index in [0.717, 1.165) is 60.5 Å². The monoisotopic (exact) mass is 602 g/mol. The molecule has 0 saturated carbocycles. The van der Waals surface area contributed by atoms with Gasteiger partial charge in [0.15, 0.2) is 5.78 Å². The number of nitrogens with zero attached hydrogens (tertiary/aromatic N) is 6. The largest absolute Gasteiger partial charge is 0.481 e. The van der Waals surface area contributed by atoms with E-state index in [2.05, 4.69) is 38.5 Å². The fourth-order valence-corrected chi connectivity index (χ4v) is 7.86. The molecule has 40 heavy (non-hydrogen) atoms. The van der Waals surface area contributed by atoms with Gasteiger partial charge in [-0.2, -0.15) is 0 Å². The van der Waals surface area contributed by atoms with E-state index in [1.165, 1.54) is 17.7 Å². The minimum Gasteiger partial charge on any atom is -0.481 e. The van der Waals surface area contributed by atoms with E-state index in [9.17, 15) is 9.59 Å². The zero-order valence-electron chi connectivity index (χ0n) is 22.9. The Morgan fingerprint density at radius 1 is 1.18 bits per heavy atom. The summed E-state index contributed by atoms with van der Waals surface area (Å²) in [5, 5.41) is 12.4. The second-order valence-corrected chi connectivity index (χ2v) is 13.0.